The van der Waals surface area contributed by atoms with Crippen LogP contribution in [0.5, 0.6) is 5.75 Å². The molecule has 1 aliphatic rings. The fraction of sp³-hybridized carbons (Fsp3) is 0.455. The molecule has 1 aromatic heterocycles. The van der Waals surface area contributed by atoms with Gasteiger partial charge in [-0.3, -0.25) is 4.79 Å². The number of guanidine groups is 1. The summed E-state index contributed by atoms with van der Waals surface area (Å²) in [6.07, 6.45) is 1.53. The molecule has 2 heterocycles. The van der Waals surface area contributed by atoms with Gasteiger partial charge in [-0.1, -0.05) is 18.2 Å². The van der Waals surface area contributed by atoms with Gasteiger partial charge in [0.25, 0.3) is 5.91 Å². The third-order valence-electron chi connectivity index (χ3n) is 4.94. The first-order chi connectivity index (χ1) is 14.1. The van der Waals surface area contributed by atoms with Crippen LogP contribution in [0, 0.1) is 13.8 Å². The molecule has 0 bridgehead atoms. The summed E-state index contributed by atoms with van der Waals surface area (Å²) in [5, 5.41) is 3.34. The molecule has 1 aromatic carbocycles. The number of nitrogens with zero attached hydrogens (tertiary/aromatic N) is 3. The number of para-hydroxylation sites is 1. The summed E-state index contributed by atoms with van der Waals surface area (Å²) in [6, 6.07) is 9.59. The second-order valence-corrected chi connectivity index (χ2v) is 7.06. The van der Waals surface area contributed by atoms with Gasteiger partial charge in [0.05, 0.1) is 12.8 Å². The monoisotopic (exact) mass is 526 g/mol. The van der Waals surface area contributed by atoms with Crippen LogP contribution in [-0.2, 0) is 0 Å². The van der Waals surface area contributed by atoms with E-state index in [4.69, 9.17) is 14.1 Å². The number of carbonyl (C=O) groups excluding carboxylic acids is 1. The first-order valence-corrected chi connectivity index (χ1v) is 10.1. The number of nitrogens with one attached hydrogen (secondary N) is 1. The van der Waals surface area contributed by atoms with Crippen molar-refractivity contribution in [2.24, 2.45) is 4.99 Å². The van der Waals surface area contributed by atoms with E-state index in [2.05, 4.69) is 43.1 Å². The predicted octanol–water partition coefficient (Wildman–Crippen LogP) is 3.32. The van der Waals surface area contributed by atoms with Crippen LogP contribution in [0.3, 0.4) is 0 Å². The highest BCUT2D eigenvalue weighted by molar-refractivity contribution is 14.0. The molecule has 3 rings (SSSR count). The maximum atomic E-state index is 12.4. The van der Waals surface area contributed by atoms with E-state index in [-0.39, 0.29) is 29.9 Å². The molecule has 0 unspecified atom stereocenters. The molecule has 1 aliphatic heterocycles. The molecular formula is C22H31IN4O3. The van der Waals surface area contributed by atoms with Crippen molar-refractivity contribution in [1.82, 2.24) is 15.1 Å². The molecule has 1 amide bonds. The number of ether oxygens (including phenoxy) is 1. The molecule has 0 saturated carbocycles. The maximum absolute atomic E-state index is 12.4. The van der Waals surface area contributed by atoms with E-state index in [1.807, 2.05) is 11.0 Å². The topological polar surface area (TPSA) is 70.3 Å². The van der Waals surface area contributed by atoms with Crippen LogP contribution in [0.2, 0.25) is 0 Å². The molecule has 0 aliphatic carbocycles. The van der Waals surface area contributed by atoms with Crippen molar-refractivity contribution in [2.75, 3.05) is 45.9 Å². The van der Waals surface area contributed by atoms with Gasteiger partial charge in [0.2, 0.25) is 0 Å². The Balaban J connectivity index is 0.00000320. The van der Waals surface area contributed by atoms with Crippen molar-refractivity contribution in [1.29, 1.82) is 0 Å². The normalized spacial score (nSPS) is 14.3. The van der Waals surface area contributed by atoms with Gasteiger partial charge in [0.15, 0.2) is 11.7 Å². The number of hydrogen-bond acceptors (Lipinski definition) is 4. The molecule has 0 spiro atoms. The van der Waals surface area contributed by atoms with Crippen LogP contribution in [0.25, 0.3) is 0 Å². The van der Waals surface area contributed by atoms with E-state index >= 15 is 0 Å². The highest BCUT2D eigenvalue weighted by atomic mass is 127. The van der Waals surface area contributed by atoms with Crippen LogP contribution in [0.4, 0.5) is 0 Å². The molecule has 2 aromatic rings. The molecule has 7 nitrogen and oxygen atoms in total. The number of halogens is 1. The fourth-order valence-electron chi connectivity index (χ4n) is 3.43. The predicted molar refractivity (Wildman–Crippen MR) is 129 cm³/mol. The number of furan rings is 1. The van der Waals surface area contributed by atoms with Crippen molar-refractivity contribution in [2.45, 2.75) is 20.8 Å². The third-order valence-corrected chi connectivity index (χ3v) is 4.94. The van der Waals surface area contributed by atoms with Gasteiger partial charge < -0.3 is 24.3 Å². The Hall–Kier alpha value is -2.23. The van der Waals surface area contributed by atoms with E-state index < -0.39 is 0 Å². The largest absolute Gasteiger partial charge is 0.491 e. The lowest BCUT2D eigenvalue weighted by atomic mass is 10.1. The standard InChI is InChI=1S/C22H30N4O3.HI/c1-4-23-22(24-10-16-29-20-17(2)7-5-8-18(20)3)26-13-11-25(12-14-26)21(27)19-9-6-15-28-19;/h5-9,15H,4,10-14,16H2,1-3H3,(H,23,24);1H. The summed E-state index contributed by atoms with van der Waals surface area (Å²) in [5.74, 6) is 2.14. The van der Waals surface area contributed by atoms with Gasteiger partial charge in [-0.05, 0) is 44.0 Å². The summed E-state index contributed by atoms with van der Waals surface area (Å²) < 4.78 is 11.2. The minimum atomic E-state index is -0.0569. The number of piperazine rings is 1. The Bertz CT molecular complexity index is 811. The van der Waals surface area contributed by atoms with Crippen molar-refractivity contribution < 1.29 is 13.9 Å². The molecule has 1 fully saturated rings. The lowest BCUT2D eigenvalue weighted by Gasteiger charge is -2.36. The van der Waals surface area contributed by atoms with Crippen LogP contribution >= 0.6 is 24.0 Å². The number of benzene rings is 1. The smallest absolute Gasteiger partial charge is 0.289 e. The van der Waals surface area contributed by atoms with Gasteiger partial charge in [0.1, 0.15) is 12.4 Å². The fourth-order valence-corrected chi connectivity index (χ4v) is 3.43. The second kappa shape index (κ2) is 11.8. The number of carbonyl (C=O) groups is 1. The summed E-state index contributed by atoms with van der Waals surface area (Å²) in [5.41, 5.74) is 2.27. The maximum Gasteiger partial charge on any atom is 0.289 e. The van der Waals surface area contributed by atoms with E-state index in [1.54, 1.807) is 12.1 Å². The zero-order chi connectivity index (χ0) is 20.6. The van der Waals surface area contributed by atoms with Crippen molar-refractivity contribution in [3.8, 4) is 5.75 Å². The lowest BCUT2D eigenvalue weighted by Crippen LogP contribution is -2.53. The summed E-state index contributed by atoms with van der Waals surface area (Å²) >= 11 is 0. The van der Waals surface area contributed by atoms with Crippen molar-refractivity contribution >= 4 is 35.8 Å². The zero-order valence-electron chi connectivity index (χ0n) is 17.9. The molecule has 1 N–H and O–H groups in total. The Labute approximate surface area is 195 Å². The Morgan fingerprint density at radius 2 is 1.77 bits per heavy atom. The zero-order valence-corrected chi connectivity index (χ0v) is 20.2. The molecule has 164 valence electrons. The Kier molecular flexibility index (Phi) is 9.48. The Morgan fingerprint density at radius 3 is 2.37 bits per heavy atom. The number of aliphatic imine (C=N–C) groups is 1. The van der Waals surface area contributed by atoms with E-state index in [0.717, 1.165) is 42.5 Å². The summed E-state index contributed by atoms with van der Waals surface area (Å²) in [4.78, 5) is 21.1. The van der Waals surface area contributed by atoms with Crippen LogP contribution in [0.1, 0.15) is 28.6 Å². The Morgan fingerprint density at radius 1 is 1.10 bits per heavy atom. The summed E-state index contributed by atoms with van der Waals surface area (Å²) in [6.45, 7) is 10.8. The summed E-state index contributed by atoms with van der Waals surface area (Å²) in [7, 11) is 0. The number of amides is 1. The van der Waals surface area contributed by atoms with Gasteiger partial charge in [0, 0.05) is 32.7 Å². The molecule has 30 heavy (non-hydrogen) atoms. The van der Waals surface area contributed by atoms with Crippen LogP contribution < -0.4 is 10.1 Å². The van der Waals surface area contributed by atoms with Gasteiger partial charge in [-0.2, -0.15) is 0 Å². The average Bonchev–Trinajstić information content (AvgIpc) is 3.26. The lowest BCUT2D eigenvalue weighted by molar-refractivity contribution is 0.0657. The molecule has 0 radical (unpaired) electrons. The van der Waals surface area contributed by atoms with E-state index in [1.165, 1.54) is 6.26 Å². The quantitative estimate of drug-likeness (QED) is 0.271. The highest BCUT2D eigenvalue weighted by Gasteiger charge is 2.25. The van der Waals surface area contributed by atoms with Gasteiger partial charge in [-0.25, -0.2) is 4.99 Å². The second-order valence-electron chi connectivity index (χ2n) is 7.06. The minimum absolute atomic E-state index is 0. The molecule has 1 saturated heterocycles. The molecule has 8 heteroatoms. The SMILES string of the molecule is CCNC(=NCCOc1c(C)cccc1C)N1CCN(C(=O)c2ccco2)CC1.I. The average molecular weight is 526 g/mol. The van der Waals surface area contributed by atoms with Crippen LogP contribution in [-0.4, -0.2) is 67.5 Å². The van der Waals surface area contributed by atoms with Gasteiger partial charge in [-0.15, -0.1) is 24.0 Å². The van der Waals surface area contributed by atoms with E-state index in [0.29, 0.717) is 32.0 Å². The molecule has 0 atom stereocenters. The number of hydrogen-bond donors (Lipinski definition) is 1. The van der Waals surface area contributed by atoms with Crippen molar-refractivity contribution in [3.05, 3.63) is 53.5 Å². The first-order valence-electron chi connectivity index (χ1n) is 10.1. The first kappa shape index (κ1) is 24.0. The highest BCUT2D eigenvalue weighted by Crippen LogP contribution is 2.22. The van der Waals surface area contributed by atoms with Crippen LogP contribution in [0.15, 0.2) is 46.0 Å². The third kappa shape index (κ3) is 6.13. The molecular weight excluding hydrogens is 495 g/mol. The van der Waals surface area contributed by atoms with E-state index in [9.17, 15) is 4.79 Å². The van der Waals surface area contributed by atoms with Gasteiger partial charge >= 0.3 is 0 Å². The number of rotatable bonds is 6. The minimum Gasteiger partial charge on any atom is -0.491 e. The van der Waals surface area contributed by atoms with Crippen molar-refractivity contribution in [3.63, 3.8) is 0 Å². The number of aryl methyl sites for hydroxylation is 2.